The highest BCUT2D eigenvalue weighted by Gasteiger charge is 2.24. The summed E-state index contributed by atoms with van der Waals surface area (Å²) in [5, 5.41) is 3.44. The summed E-state index contributed by atoms with van der Waals surface area (Å²) in [7, 11) is 0. The van der Waals surface area contributed by atoms with Crippen LogP contribution in [-0.2, 0) is 25.7 Å². The second-order valence-corrected chi connectivity index (χ2v) is 6.65. The Hall–Kier alpha value is -3.61. The molecular weight excluding hydrogens is 386 g/mol. The molecule has 156 valence electrons. The van der Waals surface area contributed by atoms with Crippen molar-refractivity contribution < 1.29 is 28.3 Å². The van der Waals surface area contributed by atoms with E-state index in [4.69, 9.17) is 13.9 Å². The van der Waals surface area contributed by atoms with Crippen molar-refractivity contribution >= 4 is 28.8 Å². The molecule has 0 saturated carbocycles. The van der Waals surface area contributed by atoms with Gasteiger partial charge in [0.15, 0.2) is 0 Å². The summed E-state index contributed by atoms with van der Waals surface area (Å²) in [5.41, 5.74) is 1.76. The van der Waals surface area contributed by atoms with Crippen LogP contribution in [0.4, 0.5) is 0 Å². The van der Waals surface area contributed by atoms with Crippen molar-refractivity contribution in [3.63, 3.8) is 0 Å². The van der Waals surface area contributed by atoms with Crippen LogP contribution in [0.15, 0.2) is 59.0 Å². The van der Waals surface area contributed by atoms with Gasteiger partial charge in [-0.25, -0.2) is 4.79 Å². The summed E-state index contributed by atoms with van der Waals surface area (Å²) in [4.78, 5) is 36.3. The van der Waals surface area contributed by atoms with Crippen LogP contribution in [0.25, 0.3) is 11.0 Å². The lowest BCUT2D eigenvalue weighted by atomic mass is 10.0. The second kappa shape index (κ2) is 9.73. The first-order valence-corrected chi connectivity index (χ1v) is 9.64. The molecule has 0 saturated heterocycles. The Balaban J connectivity index is 1.76. The van der Waals surface area contributed by atoms with Crippen LogP contribution in [-0.4, -0.2) is 24.5 Å². The molecule has 0 fully saturated rings. The van der Waals surface area contributed by atoms with Gasteiger partial charge in [0.05, 0.1) is 24.6 Å². The largest absolute Gasteiger partial charge is 0.461 e. The number of esters is 2. The van der Waals surface area contributed by atoms with Gasteiger partial charge in [0.25, 0.3) is 0 Å². The Morgan fingerprint density at radius 1 is 1.00 bits per heavy atom. The molecular formula is C23H23NO6. The predicted molar refractivity (Wildman–Crippen MR) is 110 cm³/mol. The number of benzene rings is 2. The highest BCUT2D eigenvalue weighted by Crippen LogP contribution is 2.28. The van der Waals surface area contributed by atoms with Gasteiger partial charge in [0.2, 0.25) is 11.7 Å². The van der Waals surface area contributed by atoms with E-state index in [-0.39, 0.29) is 31.3 Å². The molecule has 7 nitrogen and oxygen atoms in total. The van der Waals surface area contributed by atoms with Crippen molar-refractivity contribution in [1.82, 2.24) is 5.32 Å². The van der Waals surface area contributed by atoms with Crippen molar-refractivity contribution in [3.8, 4) is 0 Å². The number of carbonyl (C=O) groups is 3. The van der Waals surface area contributed by atoms with E-state index in [2.05, 4.69) is 5.32 Å². The zero-order chi connectivity index (χ0) is 21.5. The number of hydrogen-bond acceptors (Lipinski definition) is 6. The van der Waals surface area contributed by atoms with Crippen LogP contribution in [0.5, 0.6) is 0 Å². The van der Waals surface area contributed by atoms with E-state index in [1.807, 2.05) is 30.3 Å². The molecule has 0 radical (unpaired) electrons. The summed E-state index contributed by atoms with van der Waals surface area (Å²) < 4.78 is 16.1. The van der Waals surface area contributed by atoms with Gasteiger partial charge in [-0.15, -0.1) is 0 Å². The van der Waals surface area contributed by atoms with E-state index < -0.39 is 18.0 Å². The molecule has 0 aliphatic carbocycles. The molecule has 1 N–H and O–H groups in total. The van der Waals surface area contributed by atoms with Crippen LogP contribution < -0.4 is 5.32 Å². The lowest BCUT2D eigenvalue weighted by Gasteiger charge is -2.17. The molecule has 0 unspecified atom stereocenters. The molecule has 1 atom stereocenters. The molecule has 2 aromatic carbocycles. The Labute approximate surface area is 174 Å². The van der Waals surface area contributed by atoms with Crippen LogP contribution in [0, 0.1) is 0 Å². The summed E-state index contributed by atoms with van der Waals surface area (Å²) in [6.07, 6.45) is -0.0475. The average molecular weight is 409 g/mol. The first-order chi connectivity index (χ1) is 14.5. The minimum Gasteiger partial charge on any atom is -0.461 e. The molecule has 1 amide bonds. The monoisotopic (exact) mass is 409 g/mol. The molecule has 0 aliphatic rings. The molecule has 7 heteroatoms. The summed E-state index contributed by atoms with van der Waals surface area (Å²) in [6.45, 7) is 3.15. The molecule has 1 aromatic heterocycles. The lowest BCUT2D eigenvalue weighted by molar-refractivity contribution is -0.145. The van der Waals surface area contributed by atoms with Crippen LogP contribution >= 0.6 is 0 Å². The predicted octanol–water partition coefficient (Wildman–Crippen LogP) is 3.92. The summed E-state index contributed by atoms with van der Waals surface area (Å²) >= 11 is 0. The van der Waals surface area contributed by atoms with E-state index in [0.29, 0.717) is 16.5 Å². The van der Waals surface area contributed by atoms with Crippen molar-refractivity contribution in [2.45, 2.75) is 32.9 Å². The van der Waals surface area contributed by atoms with Gasteiger partial charge in [-0.05, 0) is 18.6 Å². The van der Waals surface area contributed by atoms with Crippen molar-refractivity contribution in [2.24, 2.45) is 0 Å². The van der Waals surface area contributed by atoms with Gasteiger partial charge in [-0.2, -0.15) is 0 Å². The topological polar surface area (TPSA) is 94.8 Å². The third-order valence-electron chi connectivity index (χ3n) is 4.49. The number of amides is 1. The van der Waals surface area contributed by atoms with Gasteiger partial charge in [-0.1, -0.05) is 48.5 Å². The number of ether oxygens (including phenoxy) is 2. The SMILES string of the molecule is CCOC(=O)c1oc2ccccc2c1COC(=O)C[C@@H](NC(C)=O)c1ccccc1. The highest BCUT2D eigenvalue weighted by molar-refractivity contribution is 5.96. The number of nitrogens with one attached hydrogen (secondary N) is 1. The van der Waals surface area contributed by atoms with Gasteiger partial charge in [0.1, 0.15) is 12.2 Å². The number of furan rings is 1. The Morgan fingerprint density at radius 3 is 2.40 bits per heavy atom. The first kappa shape index (κ1) is 21.1. The maximum absolute atomic E-state index is 12.5. The number of carbonyl (C=O) groups excluding carboxylic acids is 3. The van der Waals surface area contributed by atoms with Crippen LogP contribution in [0.2, 0.25) is 0 Å². The fraction of sp³-hybridized carbons (Fsp3) is 0.261. The maximum Gasteiger partial charge on any atom is 0.374 e. The zero-order valence-electron chi connectivity index (χ0n) is 16.8. The van der Waals surface area contributed by atoms with Gasteiger partial charge in [-0.3, -0.25) is 9.59 Å². The lowest BCUT2D eigenvalue weighted by Crippen LogP contribution is -2.28. The molecule has 0 aliphatic heterocycles. The third-order valence-corrected chi connectivity index (χ3v) is 4.49. The van der Waals surface area contributed by atoms with Crippen molar-refractivity contribution in [2.75, 3.05) is 6.61 Å². The molecule has 1 heterocycles. The standard InChI is InChI=1S/C23H23NO6/c1-3-28-23(27)22-18(17-11-7-8-12-20(17)30-22)14-29-21(26)13-19(24-15(2)25)16-9-5-4-6-10-16/h4-12,19H,3,13-14H2,1-2H3,(H,24,25)/t19-/m1/s1. The fourth-order valence-electron chi connectivity index (χ4n) is 3.16. The van der Waals surface area contributed by atoms with E-state index in [1.165, 1.54) is 6.92 Å². The molecule has 3 aromatic rings. The average Bonchev–Trinajstić information content (AvgIpc) is 3.11. The Kier molecular flexibility index (Phi) is 6.85. The molecule has 30 heavy (non-hydrogen) atoms. The number of fused-ring (bicyclic) bond motifs is 1. The minimum absolute atomic E-state index is 0.0207. The Morgan fingerprint density at radius 2 is 1.70 bits per heavy atom. The zero-order valence-corrected chi connectivity index (χ0v) is 16.8. The third kappa shape index (κ3) is 5.05. The number of rotatable bonds is 8. The minimum atomic E-state index is -0.611. The number of hydrogen-bond donors (Lipinski definition) is 1. The first-order valence-electron chi connectivity index (χ1n) is 9.64. The fourth-order valence-corrected chi connectivity index (χ4v) is 3.16. The number of para-hydroxylation sites is 1. The van der Waals surface area contributed by atoms with Crippen molar-refractivity contribution in [3.05, 3.63) is 71.5 Å². The molecule has 0 bridgehead atoms. The van der Waals surface area contributed by atoms with Gasteiger partial charge in [0, 0.05) is 12.3 Å². The van der Waals surface area contributed by atoms with E-state index in [1.54, 1.807) is 31.2 Å². The summed E-state index contributed by atoms with van der Waals surface area (Å²) in [5.74, 6) is -1.35. The van der Waals surface area contributed by atoms with E-state index in [0.717, 1.165) is 5.56 Å². The van der Waals surface area contributed by atoms with E-state index >= 15 is 0 Å². The van der Waals surface area contributed by atoms with E-state index in [9.17, 15) is 14.4 Å². The van der Waals surface area contributed by atoms with Gasteiger partial charge < -0.3 is 19.2 Å². The molecule has 0 spiro atoms. The Bertz CT molecular complexity index is 1040. The quantitative estimate of drug-likeness (QED) is 0.567. The smallest absolute Gasteiger partial charge is 0.374 e. The molecule has 3 rings (SSSR count). The second-order valence-electron chi connectivity index (χ2n) is 6.65. The maximum atomic E-state index is 12.5. The van der Waals surface area contributed by atoms with Crippen LogP contribution in [0.3, 0.4) is 0 Å². The highest BCUT2D eigenvalue weighted by atomic mass is 16.5. The van der Waals surface area contributed by atoms with Crippen LogP contribution in [0.1, 0.15) is 48.0 Å². The van der Waals surface area contributed by atoms with Gasteiger partial charge >= 0.3 is 11.9 Å². The normalized spacial score (nSPS) is 11.7. The summed E-state index contributed by atoms with van der Waals surface area (Å²) in [6, 6.07) is 15.8. The van der Waals surface area contributed by atoms with Crippen molar-refractivity contribution in [1.29, 1.82) is 0 Å².